The molecule has 34 heavy (non-hydrogen) atoms. The van der Waals surface area contributed by atoms with Crippen molar-refractivity contribution in [3.63, 3.8) is 0 Å². The van der Waals surface area contributed by atoms with Crippen molar-refractivity contribution in [1.82, 2.24) is 0 Å². The van der Waals surface area contributed by atoms with E-state index >= 15 is 0 Å². The molecule has 0 spiro atoms. The molecular formula is C30H42O4. The van der Waals surface area contributed by atoms with Crippen LogP contribution in [-0.2, 0) is 9.53 Å². The molecule has 4 nitrogen and oxygen atoms in total. The van der Waals surface area contributed by atoms with E-state index in [9.17, 15) is 9.90 Å². The van der Waals surface area contributed by atoms with Gasteiger partial charge in [0.1, 0.15) is 6.61 Å². The summed E-state index contributed by atoms with van der Waals surface area (Å²) in [5.74, 6) is 0.0154. The van der Waals surface area contributed by atoms with Gasteiger partial charge < -0.3 is 14.6 Å². The van der Waals surface area contributed by atoms with Crippen molar-refractivity contribution in [3.8, 4) is 11.5 Å². The summed E-state index contributed by atoms with van der Waals surface area (Å²) in [6.45, 7) is 11.0. The van der Waals surface area contributed by atoms with E-state index < -0.39 is 5.97 Å². The molecule has 186 valence electrons. The second kappa shape index (κ2) is 16.6. The summed E-state index contributed by atoms with van der Waals surface area (Å²) in [6, 6.07) is 4.88. The maximum absolute atomic E-state index is 11.9. The van der Waals surface area contributed by atoms with Crippen LogP contribution in [0.1, 0.15) is 78.7 Å². The van der Waals surface area contributed by atoms with Crippen LogP contribution < -0.4 is 4.74 Å². The van der Waals surface area contributed by atoms with Gasteiger partial charge in [0.25, 0.3) is 0 Å². The molecule has 4 heteroatoms. The van der Waals surface area contributed by atoms with Crippen molar-refractivity contribution in [2.45, 2.75) is 73.1 Å². The molecule has 0 aromatic heterocycles. The molecule has 1 aromatic rings. The first kappa shape index (κ1) is 29.0. The van der Waals surface area contributed by atoms with Gasteiger partial charge in [-0.15, -0.1) is 0 Å². The van der Waals surface area contributed by atoms with Gasteiger partial charge in [0.15, 0.2) is 11.5 Å². The fourth-order valence-corrected chi connectivity index (χ4v) is 3.26. The molecule has 0 aliphatic heterocycles. The van der Waals surface area contributed by atoms with Crippen LogP contribution in [0.15, 0.2) is 70.9 Å². The minimum Gasteiger partial charge on any atom is -0.504 e. The number of allylic oxidation sites excluding steroid dienone is 7. The van der Waals surface area contributed by atoms with Crippen molar-refractivity contribution in [1.29, 1.82) is 0 Å². The van der Waals surface area contributed by atoms with Crippen LogP contribution in [0.4, 0.5) is 0 Å². The maximum atomic E-state index is 11.9. The Bertz CT molecular complexity index is 925. The standard InChI is InChI=1S/C30H42O4/c1-23(2)10-7-11-24(3)12-8-13-25(4)14-9-15-26(5)20-21-34-30(32)19-17-27-16-18-28(31)29(22-27)33-6/h10,12,14,16-20,22,31H,7-9,11,13,15,21H2,1-6H3/b19-17+,24-12+,25-14+,26-20+. The number of carbonyl (C=O) groups excluding carboxylic acids is 1. The summed E-state index contributed by atoms with van der Waals surface area (Å²) in [4.78, 5) is 11.9. The smallest absolute Gasteiger partial charge is 0.331 e. The van der Waals surface area contributed by atoms with E-state index in [4.69, 9.17) is 9.47 Å². The molecule has 0 heterocycles. The second-order valence-corrected chi connectivity index (χ2v) is 8.94. The summed E-state index contributed by atoms with van der Waals surface area (Å²) in [7, 11) is 1.48. The summed E-state index contributed by atoms with van der Waals surface area (Å²) in [5.41, 5.74) is 6.23. The van der Waals surface area contributed by atoms with E-state index in [0.29, 0.717) is 5.75 Å². The zero-order valence-electron chi connectivity index (χ0n) is 21.8. The van der Waals surface area contributed by atoms with Gasteiger partial charge >= 0.3 is 5.97 Å². The summed E-state index contributed by atoms with van der Waals surface area (Å²) in [6.07, 6.45) is 18.3. The lowest BCUT2D eigenvalue weighted by atomic mass is 10.0. The van der Waals surface area contributed by atoms with Crippen LogP contribution in [0.25, 0.3) is 6.08 Å². The molecule has 0 radical (unpaired) electrons. The number of esters is 1. The summed E-state index contributed by atoms with van der Waals surface area (Å²) < 4.78 is 10.3. The third-order valence-corrected chi connectivity index (χ3v) is 5.43. The SMILES string of the molecule is COc1cc(/C=C/C(=O)OC/C=C(\C)CC/C=C(\C)CC/C=C(\C)CCC=C(C)C)ccc1O. The van der Waals surface area contributed by atoms with E-state index in [1.807, 2.05) is 6.08 Å². The van der Waals surface area contributed by atoms with Gasteiger partial charge in [-0.2, -0.15) is 0 Å². The van der Waals surface area contributed by atoms with Gasteiger partial charge in [0, 0.05) is 6.08 Å². The first-order valence-corrected chi connectivity index (χ1v) is 12.0. The van der Waals surface area contributed by atoms with Gasteiger partial charge in [-0.25, -0.2) is 4.79 Å². The first-order chi connectivity index (χ1) is 16.2. The lowest BCUT2D eigenvalue weighted by molar-refractivity contribution is -0.136. The zero-order valence-corrected chi connectivity index (χ0v) is 21.8. The minimum atomic E-state index is -0.406. The lowest BCUT2D eigenvalue weighted by Gasteiger charge is -2.04. The molecule has 0 aliphatic carbocycles. The van der Waals surface area contributed by atoms with Crippen molar-refractivity contribution >= 4 is 12.0 Å². The highest BCUT2D eigenvalue weighted by Crippen LogP contribution is 2.26. The third kappa shape index (κ3) is 13.5. The molecule has 0 amide bonds. The molecule has 1 aromatic carbocycles. The van der Waals surface area contributed by atoms with Crippen LogP contribution in [0.2, 0.25) is 0 Å². The molecule has 0 atom stereocenters. The van der Waals surface area contributed by atoms with Crippen molar-refractivity contribution in [2.75, 3.05) is 13.7 Å². The van der Waals surface area contributed by atoms with Gasteiger partial charge in [0.05, 0.1) is 7.11 Å². The first-order valence-electron chi connectivity index (χ1n) is 12.0. The number of ether oxygens (including phenoxy) is 2. The Labute approximate surface area is 206 Å². The Morgan fingerprint density at radius 3 is 1.97 bits per heavy atom. The van der Waals surface area contributed by atoms with Gasteiger partial charge in [-0.1, -0.05) is 46.6 Å². The fraction of sp³-hybridized carbons (Fsp3) is 0.433. The molecule has 0 saturated heterocycles. The molecule has 1 N–H and O–H groups in total. The van der Waals surface area contributed by atoms with Crippen LogP contribution in [0.5, 0.6) is 11.5 Å². The normalized spacial score (nSPS) is 12.7. The number of hydrogen-bond acceptors (Lipinski definition) is 4. The second-order valence-electron chi connectivity index (χ2n) is 8.94. The topological polar surface area (TPSA) is 55.8 Å². The number of phenolic OH excluding ortho intramolecular Hbond substituents is 1. The summed E-state index contributed by atoms with van der Waals surface area (Å²) >= 11 is 0. The number of rotatable bonds is 14. The minimum absolute atomic E-state index is 0.0607. The Balaban J connectivity index is 2.31. The highest BCUT2D eigenvalue weighted by Gasteiger charge is 2.02. The van der Waals surface area contributed by atoms with Crippen LogP contribution >= 0.6 is 0 Å². The molecule has 1 rings (SSSR count). The Hall–Kier alpha value is -3.01. The Morgan fingerprint density at radius 2 is 1.41 bits per heavy atom. The van der Waals surface area contributed by atoms with Crippen molar-refractivity contribution < 1.29 is 19.4 Å². The van der Waals surface area contributed by atoms with Gasteiger partial charge in [-0.3, -0.25) is 0 Å². The number of phenols is 1. The molecule has 0 unspecified atom stereocenters. The summed E-state index contributed by atoms with van der Waals surface area (Å²) in [5, 5.41) is 9.62. The van der Waals surface area contributed by atoms with Crippen molar-refractivity contribution in [3.05, 3.63) is 76.4 Å². The van der Waals surface area contributed by atoms with Crippen LogP contribution in [-0.4, -0.2) is 24.8 Å². The quantitative estimate of drug-likeness (QED) is 0.171. The number of benzene rings is 1. The third-order valence-electron chi connectivity index (χ3n) is 5.43. The van der Waals surface area contributed by atoms with Gasteiger partial charge in [0.2, 0.25) is 0 Å². The number of aromatic hydroxyl groups is 1. The predicted octanol–water partition coefficient (Wildman–Crippen LogP) is 8.10. The number of carbonyl (C=O) groups is 1. The van der Waals surface area contributed by atoms with E-state index in [0.717, 1.165) is 44.1 Å². The highest BCUT2D eigenvalue weighted by molar-refractivity contribution is 5.87. The fourth-order valence-electron chi connectivity index (χ4n) is 3.26. The highest BCUT2D eigenvalue weighted by atomic mass is 16.5. The van der Waals surface area contributed by atoms with Crippen molar-refractivity contribution in [2.24, 2.45) is 0 Å². The van der Waals surface area contributed by atoms with E-state index in [1.54, 1.807) is 18.2 Å². The average Bonchev–Trinajstić information content (AvgIpc) is 2.78. The molecular weight excluding hydrogens is 424 g/mol. The maximum Gasteiger partial charge on any atom is 0.331 e. The molecule has 0 aliphatic rings. The Kier molecular flexibility index (Phi) is 14.2. The largest absolute Gasteiger partial charge is 0.504 e. The van der Waals surface area contributed by atoms with Crippen LogP contribution in [0, 0.1) is 0 Å². The van der Waals surface area contributed by atoms with E-state index in [-0.39, 0.29) is 12.4 Å². The average molecular weight is 467 g/mol. The zero-order chi connectivity index (χ0) is 25.3. The Morgan fingerprint density at radius 1 is 0.853 bits per heavy atom. The van der Waals surface area contributed by atoms with E-state index in [2.05, 4.69) is 52.8 Å². The molecule has 0 saturated carbocycles. The van der Waals surface area contributed by atoms with E-state index in [1.165, 1.54) is 41.5 Å². The van der Waals surface area contributed by atoms with Gasteiger partial charge in [-0.05, 0) is 103 Å². The number of hydrogen-bond donors (Lipinski definition) is 1. The molecule has 0 bridgehead atoms. The number of methoxy groups -OCH3 is 1. The predicted molar refractivity (Wildman–Crippen MR) is 143 cm³/mol. The molecule has 0 fully saturated rings. The monoisotopic (exact) mass is 466 g/mol. The lowest BCUT2D eigenvalue weighted by Crippen LogP contribution is -2.00. The van der Waals surface area contributed by atoms with Crippen LogP contribution in [0.3, 0.4) is 0 Å².